The van der Waals surface area contributed by atoms with Gasteiger partial charge in [0.25, 0.3) is 0 Å². The van der Waals surface area contributed by atoms with Gasteiger partial charge in [0, 0.05) is 31.1 Å². The molecule has 0 bridgehead atoms. The van der Waals surface area contributed by atoms with Gasteiger partial charge < -0.3 is 20.7 Å². The van der Waals surface area contributed by atoms with E-state index in [0.29, 0.717) is 31.3 Å². The van der Waals surface area contributed by atoms with Crippen LogP contribution in [0.15, 0.2) is 0 Å². The third-order valence-corrected chi connectivity index (χ3v) is 3.71. The lowest BCUT2D eigenvalue weighted by Crippen LogP contribution is -2.41. The molecule has 1 rings (SSSR count). The summed E-state index contributed by atoms with van der Waals surface area (Å²) < 4.78 is 5.21. The molecular formula is C10H20N2O4S. The van der Waals surface area contributed by atoms with E-state index in [-0.39, 0.29) is 0 Å². The van der Waals surface area contributed by atoms with Gasteiger partial charge in [0.2, 0.25) is 0 Å². The molecule has 1 aliphatic rings. The van der Waals surface area contributed by atoms with Gasteiger partial charge in [0.1, 0.15) is 6.04 Å². The molecule has 0 amide bonds. The molecule has 0 saturated carbocycles. The second-order valence-corrected chi connectivity index (χ2v) is 5.12. The van der Waals surface area contributed by atoms with Gasteiger partial charge in [-0.2, -0.15) is 11.8 Å². The number of aliphatic hydroxyl groups is 1. The predicted molar refractivity (Wildman–Crippen MR) is 66.2 cm³/mol. The number of morpholine rings is 1. The van der Waals surface area contributed by atoms with Gasteiger partial charge in [-0.15, -0.1) is 0 Å². The smallest absolute Gasteiger partial charge is 0.321 e. The summed E-state index contributed by atoms with van der Waals surface area (Å²) in [6.07, 6.45) is -0.445. The van der Waals surface area contributed by atoms with E-state index in [0.717, 1.165) is 13.1 Å². The molecule has 4 N–H and O–H groups in total. The van der Waals surface area contributed by atoms with Crippen LogP contribution >= 0.6 is 11.8 Å². The highest BCUT2D eigenvalue weighted by Gasteiger charge is 2.16. The van der Waals surface area contributed by atoms with E-state index in [1.807, 2.05) is 0 Å². The Balaban J connectivity index is 2.08. The second kappa shape index (κ2) is 7.88. The molecule has 0 radical (unpaired) electrons. The number of hydrogen-bond donors (Lipinski definition) is 3. The normalized spacial score (nSPS) is 21.1. The molecule has 6 nitrogen and oxygen atoms in total. The van der Waals surface area contributed by atoms with Crippen molar-refractivity contribution >= 4 is 17.7 Å². The summed E-state index contributed by atoms with van der Waals surface area (Å²) in [7, 11) is 0. The summed E-state index contributed by atoms with van der Waals surface area (Å²) in [5, 5.41) is 18.3. The molecule has 1 aliphatic heterocycles. The SMILES string of the molecule is N[C@@H](CSCC(O)CN1CCOCC1)C(=O)O. The van der Waals surface area contributed by atoms with Crippen molar-refractivity contribution in [3.05, 3.63) is 0 Å². The molecule has 1 heterocycles. The summed E-state index contributed by atoms with van der Waals surface area (Å²) in [5.41, 5.74) is 5.36. The van der Waals surface area contributed by atoms with Gasteiger partial charge in [0.15, 0.2) is 0 Å². The van der Waals surface area contributed by atoms with Gasteiger partial charge in [0.05, 0.1) is 19.3 Å². The highest BCUT2D eigenvalue weighted by atomic mass is 32.2. The number of hydrogen-bond acceptors (Lipinski definition) is 6. The summed E-state index contributed by atoms with van der Waals surface area (Å²) in [6.45, 7) is 3.72. The number of aliphatic hydroxyl groups excluding tert-OH is 1. The first-order chi connectivity index (χ1) is 8.09. The van der Waals surface area contributed by atoms with E-state index in [4.69, 9.17) is 15.6 Å². The zero-order valence-corrected chi connectivity index (χ0v) is 10.6. The van der Waals surface area contributed by atoms with Crippen LogP contribution in [0.3, 0.4) is 0 Å². The van der Waals surface area contributed by atoms with E-state index in [1.54, 1.807) is 0 Å². The molecule has 0 spiro atoms. The predicted octanol–water partition coefficient (Wildman–Crippen LogP) is -1.18. The minimum absolute atomic E-state index is 0.329. The average Bonchev–Trinajstić information content (AvgIpc) is 2.30. The highest BCUT2D eigenvalue weighted by Crippen LogP contribution is 2.07. The Kier molecular flexibility index (Phi) is 6.83. The zero-order valence-electron chi connectivity index (χ0n) is 9.75. The van der Waals surface area contributed by atoms with Gasteiger partial charge in [-0.3, -0.25) is 9.69 Å². The summed E-state index contributed by atoms with van der Waals surface area (Å²) >= 11 is 1.37. The quantitative estimate of drug-likeness (QED) is 0.533. The van der Waals surface area contributed by atoms with Crippen molar-refractivity contribution in [2.75, 3.05) is 44.4 Å². The van der Waals surface area contributed by atoms with Crippen LogP contribution in [0.2, 0.25) is 0 Å². The second-order valence-electron chi connectivity index (χ2n) is 4.05. The van der Waals surface area contributed by atoms with Crippen molar-refractivity contribution in [1.82, 2.24) is 4.90 Å². The third kappa shape index (κ3) is 6.23. The number of β-amino-alcohol motifs (C(OH)–C–C–N with tert-alkyl or cyclic N) is 1. The number of aliphatic carboxylic acids is 1. The molecular weight excluding hydrogens is 244 g/mol. The Morgan fingerprint density at radius 3 is 2.65 bits per heavy atom. The molecule has 1 unspecified atom stereocenters. The molecule has 0 aromatic heterocycles. The lowest BCUT2D eigenvalue weighted by atomic mass is 10.3. The Morgan fingerprint density at radius 2 is 2.06 bits per heavy atom. The van der Waals surface area contributed by atoms with Crippen LogP contribution in [0.5, 0.6) is 0 Å². The molecule has 0 aromatic carbocycles. The summed E-state index contributed by atoms with van der Waals surface area (Å²) in [4.78, 5) is 12.6. The van der Waals surface area contributed by atoms with Crippen LogP contribution in [0.1, 0.15) is 0 Å². The van der Waals surface area contributed by atoms with Gasteiger partial charge in [-0.25, -0.2) is 0 Å². The molecule has 100 valence electrons. The maximum Gasteiger partial charge on any atom is 0.321 e. The first kappa shape index (κ1) is 14.7. The minimum atomic E-state index is -1.000. The van der Waals surface area contributed by atoms with Crippen molar-refractivity contribution in [2.24, 2.45) is 5.73 Å². The van der Waals surface area contributed by atoms with Crippen molar-refractivity contribution in [3.8, 4) is 0 Å². The third-order valence-electron chi connectivity index (χ3n) is 2.50. The van der Waals surface area contributed by atoms with E-state index in [2.05, 4.69) is 4.90 Å². The van der Waals surface area contributed by atoms with Crippen LogP contribution in [-0.2, 0) is 9.53 Å². The number of ether oxygens (including phenoxy) is 1. The standard InChI is InChI=1S/C10H20N2O4S/c11-9(10(14)15)7-17-6-8(13)5-12-1-3-16-4-2-12/h8-9,13H,1-7,11H2,(H,14,15)/t8?,9-/m0/s1. The first-order valence-electron chi connectivity index (χ1n) is 5.64. The summed E-state index contributed by atoms with van der Waals surface area (Å²) in [5.74, 6) is -0.159. The first-order valence-corrected chi connectivity index (χ1v) is 6.79. The number of carboxylic acid groups (broad SMARTS) is 1. The van der Waals surface area contributed by atoms with E-state index >= 15 is 0 Å². The fourth-order valence-corrected chi connectivity index (χ4v) is 2.45. The van der Waals surface area contributed by atoms with Crippen LogP contribution in [0.25, 0.3) is 0 Å². The fourth-order valence-electron chi connectivity index (χ4n) is 1.54. The molecule has 17 heavy (non-hydrogen) atoms. The number of nitrogens with zero attached hydrogens (tertiary/aromatic N) is 1. The number of thioether (sulfide) groups is 1. The molecule has 0 aliphatic carbocycles. The van der Waals surface area contributed by atoms with Crippen LogP contribution < -0.4 is 5.73 Å². The van der Waals surface area contributed by atoms with E-state index < -0.39 is 18.1 Å². The van der Waals surface area contributed by atoms with Gasteiger partial charge in [-0.05, 0) is 0 Å². The topological polar surface area (TPSA) is 96.0 Å². The van der Waals surface area contributed by atoms with Crippen LogP contribution in [0.4, 0.5) is 0 Å². The largest absolute Gasteiger partial charge is 0.480 e. The molecule has 1 saturated heterocycles. The summed E-state index contributed by atoms with van der Waals surface area (Å²) in [6, 6.07) is -0.851. The van der Waals surface area contributed by atoms with E-state index in [1.165, 1.54) is 11.8 Å². The number of rotatable bonds is 7. The number of carbonyl (C=O) groups is 1. The molecule has 0 aromatic rings. The zero-order chi connectivity index (χ0) is 12.7. The number of nitrogens with two attached hydrogens (primary N) is 1. The number of carboxylic acids is 1. The maximum absolute atomic E-state index is 10.5. The van der Waals surface area contributed by atoms with Gasteiger partial charge in [-0.1, -0.05) is 0 Å². The Morgan fingerprint density at radius 1 is 1.41 bits per heavy atom. The highest BCUT2D eigenvalue weighted by molar-refractivity contribution is 7.99. The average molecular weight is 264 g/mol. The molecule has 7 heteroatoms. The molecule has 1 fully saturated rings. The Bertz CT molecular complexity index is 236. The van der Waals surface area contributed by atoms with E-state index in [9.17, 15) is 9.90 Å². The van der Waals surface area contributed by atoms with Crippen LogP contribution in [0, 0.1) is 0 Å². The van der Waals surface area contributed by atoms with Crippen LogP contribution in [-0.4, -0.2) is 77.6 Å². The minimum Gasteiger partial charge on any atom is -0.480 e. The van der Waals surface area contributed by atoms with Crippen molar-refractivity contribution in [2.45, 2.75) is 12.1 Å². The fraction of sp³-hybridized carbons (Fsp3) is 0.900. The van der Waals surface area contributed by atoms with Gasteiger partial charge >= 0.3 is 5.97 Å². The van der Waals surface area contributed by atoms with Crippen molar-refractivity contribution in [1.29, 1.82) is 0 Å². The van der Waals surface area contributed by atoms with Crippen molar-refractivity contribution < 1.29 is 19.7 Å². The lowest BCUT2D eigenvalue weighted by Gasteiger charge is -2.28. The van der Waals surface area contributed by atoms with Crippen molar-refractivity contribution in [3.63, 3.8) is 0 Å². The Labute approximate surface area is 105 Å². The monoisotopic (exact) mass is 264 g/mol. The maximum atomic E-state index is 10.5. The lowest BCUT2D eigenvalue weighted by molar-refractivity contribution is -0.137. The Hall–Kier alpha value is -0.340. The molecule has 2 atom stereocenters.